The molecule has 0 spiro atoms. The first-order valence-corrected chi connectivity index (χ1v) is 26.6. The average Bonchev–Trinajstić information content (AvgIpc) is 2.70. The van der Waals surface area contributed by atoms with Crippen molar-refractivity contribution >= 4 is 30.0 Å². The van der Waals surface area contributed by atoms with Gasteiger partial charge in [-0.05, 0) is 58.9 Å². The van der Waals surface area contributed by atoms with Crippen LogP contribution in [0.2, 0.25) is 39.3 Å². The molecule has 0 aromatic carbocycles. The zero-order chi connectivity index (χ0) is 24.0. The van der Waals surface area contributed by atoms with Crippen LogP contribution >= 0.6 is 0 Å². The van der Waals surface area contributed by atoms with E-state index in [0.29, 0.717) is 0 Å². The zero-order valence-corrected chi connectivity index (χ0v) is 27.4. The van der Waals surface area contributed by atoms with Crippen molar-refractivity contribution in [3.05, 3.63) is 0 Å². The molecular formula is C22H58N4Si4. The summed E-state index contributed by atoms with van der Waals surface area (Å²) in [6, 6.07) is 0. The fourth-order valence-corrected chi connectivity index (χ4v) is 88.0. The van der Waals surface area contributed by atoms with Gasteiger partial charge in [0.05, 0.1) is 0 Å². The van der Waals surface area contributed by atoms with Crippen molar-refractivity contribution in [1.82, 2.24) is 18.3 Å². The van der Waals surface area contributed by atoms with Gasteiger partial charge in [-0.1, -0.05) is 88.1 Å². The van der Waals surface area contributed by atoms with Crippen LogP contribution < -0.4 is 0 Å². The molecule has 0 saturated heterocycles. The summed E-state index contributed by atoms with van der Waals surface area (Å²) >= 11 is 0. The Hall–Kier alpha value is 0.708. The maximum absolute atomic E-state index is 3.00. The second-order valence-corrected chi connectivity index (χ2v) is 46.7. The van der Waals surface area contributed by atoms with E-state index in [2.05, 4.69) is 113 Å². The van der Waals surface area contributed by atoms with Crippen LogP contribution in [0.3, 0.4) is 0 Å². The van der Waals surface area contributed by atoms with Gasteiger partial charge in [0.25, 0.3) is 0 Å². The Kier molecular flexibility index (Phi) is 12.5. The summed E-state index contributed by atoms with van der Waals surface area (Å²) in [5, 5.41) is 0. The van der Waals surface area contributed by atoms with Gasteiger partial charge in [-0.15, -0.1) is 0 Å². The molecule has 0 fully saturated rings. The average molecular weight is 491 g/mol. The summed E-state index contributed by atoms with van der Waals surface area (Å²) in [7, 11) is -5.22. The fraction of sp³-hybridized carbons (Fsp3) is 1.00. The first kappa shape index (κ1) is 30.7. The largest absolute Gasteiger partial charge is 0.327 e. The van der Waals surface area contributed by atoms with Crippen LogP contribution in [0.15, 0.2) is 0 Å². The van der Waals surface area contributed by atoms with E-state index in [0.717, 1.165) is 0 Å². The minimum Gasteiger partial charge on any atom is -0.327 e. The van der Waals surface area contributed by atoms with Crippen molar-refractivity contribution in [2.24, 2.45) is 0 Å². The molecule has 0 aliphatic rings. The van der Waals surface area contributed by atoms with Gasteiger partial charge in [0.2, 0.25) is 0 Å². The van der Waals surface area contributed by atoms with Gasteiger partial charge in [-0.3, -0.25) is 0 Å². The lowest BCUT2D eigenvalue weighted by atomic mass is 10.7. The van der Waals surface area contributed by atoms with Gasteiger partial charge in [0.1, 0.15) is 22.1 Å². The standard InChI is InChI=1S/C22H58N4Si4/c1-15-23(16-2)27(9,10)30(14,28(11,12)24(17-3)18-4)29(13,25(19-5)20-6)26(21-7)22-8/h15-22H2,1-14H3. The molecule has 0 bridgehead atoms. The molecule has 8 heteroatoms. The van der Waals surface area contributed by atoms with Gasteiger partial charge >= 0.3 is 0 Å². The van der Waals surface area contributed by atoms with E-state index >= 15 is 0 Å². The highest BCUT2D eigenvalue weighted by molar-refractivity contribution is 7.88. The molecule has 0 aromatic heterocycles. The minimum atomic E-state index is -1.88. The summed E-state index contributed by atoms with van der Waals surface area (Å²) in [6.07, 6.45) is 0. The Morgan fingerprint density at radius 1 is 0.367 bits per heavy atom. The topological polar surface area (TPSA) is 13.0 Å². The van der Waals surface area contributed by atoms with Gasteiger partial charge in [-0.25, -0.2) is 0 Å². The smallest absolute Gasteiger partial charge is 0.187 e. The van der Waals surface area contributed by atoms with Crippen LogP contribution in [0.1, 0.15) is 55.4 Å². The first-order valence-electron chi connectivity index (χ1n) is 12.8. The predicted octanol–water partition coefficient (Wildman–Crippen LogP) is 5.15. The molecule has 0 aliphatic heterocycles. The lowest BCUT2D eigenvalue weighted by Gasteiger charge is -2.67. The van der Waals surface area contributed by atoms with Crippen molar-refractivity contribution < 1.29 is 0 Å². The summed E-state index contributed by atoms with van der Waals surface area (Å²) in [5.41, 5.74) is 0. The van der Waals surface area contributed by atoms with E-state index in [9.17, 15) is 0 Å². The molecule has 0 unspecified atom stereocenters. The Morgan fingerprint density at radius 3 is 0.733 bits per heavy atom. The molecule has 0 aromatic rings. The van der Waals surface area contributed by atoms with Crippen LogP contribution in [0.25, 0.3) is 0 Å². The zero-order valence-electron chi connectivity index (χ0n) is 23.4. The van der Waals surface area contributed by atoms with Gasteiger partial charge in [0.15, 0.2) is 7.91 Å². The summed E-state index contributed by atoms with van der Waals surface area (Å²) in [4.78, 5) is 0. The van der Waals surface area contributed by atoms with Crippen molar-refractivity contribution in [3.8, 4) is 0 Å². The minimum absolute atomic E-state index is 1.20. The highest BCUT2D eigenvalue weighted by atomic mass is 29.9. The lowest BCUT2D eigenvalue weighted by molar-refractivity contribution is 0.371. The third-order valence-corrected chi connectivity index (χ3v) is 78.9. The quantitative estimate of drug-likeness (QED) is 0.294. The summed E-state index contributed by atoms with van der Waals surface area (Å²) in [6.45, 7) is 44.1. The van der Waals surface area contributed by atoms with Crippen LogP contribution in [-0.4, -0.2) is 101 Å². The van der Waals surface area contributed by atoms with Crippen LogP contribution in [-0.2, 0) is 0 Å². The molecule has 0 heterocycles. The molecule has 182 valence electrons. The van der Waals surface area contributed by atoms with E-state index < -0.39 is 30.0 Å². The number of hydrogen-bond donors (Lipinski definition) is 0. The van der Waals surface area contributed by atoms with Crippen molar-refractivity contribution in [2.45, 2.75) is 94.7 Å². The van der Waals surface area contributed by atoms with Gasteiger partial charge in [-0.2, -0.15) is 0 Å². The molecule has 0 atom stereocenters. The molecule has 0 amide bonds. The summed E-state index contributed by atoms with van der Waals surface area (Å²) < 4.78 is 11.9. The monoisotopic (exact) mass is 490 g/mol. The first-order chi connectivity index (χ1) is 13.8. The van der Waals surface area contributed by atoms with Crippen LogP contribution in [0.4, 0.5) is 0 Å². The number of rotatable bonds is 15. The third kappa shape index (κ3) is 4.81. The van der Waals surface area contributed by atoms with Crippen LogP contribution in [0.5, 0.6) is 0 Å². The Balaban J connectivity index is 7.46. The normalized spacial score (nSPS) is 14.6. The third-order valence-electron chi connectivity index (χ3n) is 9.26. The van der Waals surface area contributed by atoms with Crippen molar-refractivity contribution in [3.63, 3.8) is 0 Å². The van der Waals surface area contributed by atoms with Crippen LogP contribution in [0, 0.1) is 0 Å². The SMILES string of the molecule is CCN(CC)[Si](C)(C)[Si](C)([Si](C)(C)N(CC)CC)[Si](C)(N(CC)CC)N(CC)CC. The van der Waals surface area contributed by atoms with Crippen molar-refractivity contribution in [2.75, 3.05) is 52.4 Å². The highest BCUT2D eigenvalue weighted by Gasteiger charge is 2.71. The van der Waals surface area contributed by atoms with E-state index in [1.165, 1.54) is 52.4 Å². The molecule has 0 N–H and O–H groups in total. The Morgan fingerprint density at radius 2 is 0.567 bits per heavy atom. The Labute approximate surface area is 195 Å². The van der Waals surface area contributed by atoms with E-state index in [1.807, 2.05) is 0 Å². The molecule has 0 radical (unpaired) electrons. The Bertz CT molecular complexity index is 450. The molecule has 4 nitrogen and oxygen atoms in total. The molecule has 0 saturated carbocycles. The van der Waals surface area contributed by atoms with E-state index in [4.69, 9.17) is 0 Å². The maximum Gasteiger partial charge on any atom is 0.187 e. The van der Waals surface area contributed by atoms with Gasteiger partial charge < -0.3 is 18.3 Å². The number of nitrogens with zero attached hydrogens (tertiary/aromatic N) is 4. The van der Waals surface area contributed by atoms with Crippen molar-refractivity contribution in [1.29, 1.82) is 0 Å². The van der Waals surface area contributed by atoms with E-state index in [1.54, 1.807) is 0 Å². The second-order valence-electron chi connectivity index (χ2n) is 9.95. The van der Waals surface area contributed by atoms with E-state index in [-0.39, 0.29) is 0 Å². The summed E-state index contributed by atoms with van der Waals surface area (Å²) in [5.74, 6) is 0. The fourth-order valence-electron chi connectivity index (χ4n) is 7.08. The number of hydrogen-bond acceptors (Lipinski definition) is 4. The molecular weight excluding hydrogens is 433 g/mol. The lowest BCUT2D eigenvalue weighted by Crippen LogP contribution is -2.96. The molecule has 0 rings (SSSR count). The second kappa shape index (κ2) is 12.2. The van der Waals surface area contributed by atoms with Gasteiger partial charge in [0, 0.05) is 0 Å². The molecule has 30 heavy (non-hydrogen) atoms. The maximum atomic E-state index is 3.00. The molecule has 0 aliphatic carbocycles. The predicted molar refractivity (Wildman–Crippen MR) is 150 cm³/mol. The highest BCUT2D eigenvalue weighted by Crippen LogP contribution is 2.42.